The molecule has 2 atom stereocenters. The van der Waals surface area contributed by atoms with Crippen LogP contribution in [0.5, 0.6) is 0 Å². The second kappa shape index (κ2) is 6.68. The van der Waals surface area contributed by atoms with Crippen LogP contribution in [0.3, 0.4) is 0 Å². The molecule has 2 aromatic rings. The van der Waals surface area contributed by atoms with Crippen LogP contribution in [0.1, 0.15) is 23.5 Å². The number of anilines is 1. The smallest absolute Gasteiger partial charge is 0.223 e. The van der Waals surface area contributed by atoms with Crippen molar-refractivity contribution in [2.45, 2.75) is 39.0 Å². The van der Waals surface area contributed by atoms with Gasteiger partial charge in [-0.15, -0.1) is 11.3 Å². The molecule has 1 aliphatic heterocycles. The summed E-state index contributed by atoms with van der Waals surface area (Å²) in [5.41, 5.74) is 4.79. The third-order valence-corrected chi connectivity index (χ3v) is 4.47. The SMILES string of the molecule is Cc1cc(C)nc(N[C@@H]2CCN(Cc3cscn3)C[C@H]2O)n1. The molecule has 0 aliphatic carbocycles. The van der Waals surface area contributed by atoms with Crippen molar-refractivity contribution >= 4 is 17.3 Å². The Bertz CT molecular complexity index is 598. The van der Waals surface area contributed by atoms with Gasteiger partial charge in [0.25, 0.3) is 0 Å². The molecule has 7 heteroatoms. The van der Waals surface area contributed by atoms with Gasteiger partial charge in [0.05, 0.1) is 23.4 Å². The molecular weight excluding hydrogens is 298 g/mol. The lowest BCUT2D eigenvalue weighted by Crippen LogP contribution is -2.49. The Morgan fingerprint density at radius 2 is 2.14 bits per heavy atom. The summed E-state index contributed by atoms with van der Waals surface area (Å²) in [4.78, 5) is 15.3. The second-order valence-corrected chi connectivity index (χ2v) is 6.51. The molecule has 22 heavy (non-hydrogen) atoms. The van der Waals surface area contributed by atoms with E-state index in [-0.39, 0.29) is 6.04 Å². The first-order valence-electron chi connectivity index (χ1n) is 7.46. The second-order valence-electron chi connectivity index (χ2n) is 5.80. The molecule has 2 N–H and O–H groups in total. The highest BCUT2D eigenvalue weighted by Gasteiger charge is 2.28. The van der Waals surface area contributed by atoms with Gasteiger partial charge in [-0.2, -0.15) is 0 Å². The number of nitrogens with one attached hydrogen (secondary N) is 1. The van der Waals surface area contributed by atoms with Crippen molar-refractivity contribution in [3.05, 3.63) is 34.0 Å². The molecule has 6 nitrogen and oxygen atoms in total. The Hall–Kier alpha value is -1.57. The fourth-order valence-corrected chi connectivity index (χ4v) is 3.36. The lowest BCUT2D eigenvalue weighted by molar-refractivity contribution is 0.0554. The van der Waals surface area contributed by atoms with Crippen molar-refractivity contribution in [2.24, 2.45) is 0 Å². The maximum atomic E-state index is 10.4. The van der Waals surface area contributed by atoms with Crippen molar-refractivity contribution < 1.29 is 5.11 Å². The number of aromatic nitrogens is 3. The maximum absolute atomic E-state index is 10.4. The predicted octanol–water partition coefficient (Wildman–Crippen LogP) is 1.60. The number of thiazole rings is 1. The highest BCUT2D eigenvalue weighted by Crippen LogP contribution is 2.17. The van der Waals surface area contributed by atoms with Gasteiger partial charge in [-0.3, -0.25) is 4.90 Å². The van der Waals surface area contributed by atoms with E-state index in [1.165, 1.54) is 0 Å². The van der Waals surface area contributed by atoms with Gasteiger partial charge in [0.1, 0.15) is 0 Å². The molecule has 118 valence electrons. The van der Waals surface area contributed by atoms with Crippen LogP contribution >= 0.6 is 11.3 Å². The zero-order valence-electron chi connectivity index (χ0n) is 12.9. The Balaban J connectivity index is 1.58. The van der Waals surface area contributed by atoms with Gasteiger partial charge < -0.3 is 10.4 Å². The van der Waals surface area contributed by atoms with E-state index in [9.17, 15) is 5.11 Å². The molecule has 2 aromatic heterocycles. The normalized spacial score (nSPS) is 22.7. The lowest BCUT2D eigenvalue weighted by Gasteiger charge is -2.35. The molecule has 0 amide bonds. The first-order valence-corrected chi connectivity index (χ1v) is 8.41. The number of rotatable bonds is 4. The number of aliphatic hydroxyl groups excluding tert-OH is 1. The van der Waals surface area contributed by atoms with E-state index < -0.39 is 6.10 Å². The standard InChI is InChI=1S/C15H21N5OS/c1-10-5-11(2)18-15(17-10)19-13-3-4-20(7-14(13)21)6-12-8-22-9-16-12/h5,8-9,13-14,21H,3-4,6-7H2,1-2H3,(H,17,18,19)/t13-,14-/m1/s1. The van der Waals surface area contributed by atoms with Crippen LogP contribution in [0.4, 0.5) is 5.95 Å². The van der Waals surface area contributed by atoms with Crippen LogP contribution in [-0.2, 0) is 6.54 Å². The van der Waals surface area contributed by atoms with Gasteiger partial charge in [-0.25, -0.2) is 15.0 Å². The topological polar surface area (TPSA) is 74.2 Å². The van der Waals surface area contributed by atoms with Crippen LogP contribution in [-0.4, -0.2) is 50.2 Å². The summed E-state index contributed by atoms with van der Waals surface area (Å²) < 4.78 is 0. The lowest BCUT2D eigenvalue weighted by atomic mass is 10.0. The van der Waals surface area contributed by atoms with Crippen LogP contribution < -0.4 is 5.32 Å². The first kappa shape index (κ1) is 15.3. The molecule has 1 saturated heterocycles. The van der Waals surface area contributed by atoms with Crippen LogP contribution in [0.25, 0.3) is 0 Å². The summed E-state index contributed by atoms with van der Waals surface area (Å²) in [7, 11) is 0. The molecule has 3 rings (SSSR count). The molecule has 0 saturated carbocycles. The Labute approximate surface area is 134 Å². The fraction of sp³-hybridized carbons (Fsp3) is 0.533. The van der Waals surface area contributed by atoms with Gasteiger partial charge in [0, 0.05) is 36.4 Å². The molecular formula is C15H21N5OS. The van der Waals surface area contributed by atoms with E-state index in [1.807, 2.05) is 25.4 Å². The first-order chi connectivity index (χ1) is 10.6. The van der Waals surface area contributed by atoms with E-state index in [0.717, 1.165) is 36.6 Å². The van der Waals surface area contributed by atoms with Crippen molar-refractivity contribution in [3.8, 4) is 0 Å². The summed E-state index contributed by atoms with van der Waals surface area (Å²) in [5, 5.41) is 15.7. The third kappa shape index (κ3) is 3.79. The zero-order valence-corrected chi connectivity index (χ0v) is 13.7. The number of aliphatic hydroxyl groups is 1. The monoisotopic (exact) mass is 319 g/mol. The van der Waals surface area contributed by atoms with Crippen molar-refractivity contribution in [3.63, 3.8) is 0 Å². The van der Waals surface area contributed by atoms with Crippen molar-refractivity contribution in [1.82, 2.24) is 19.9 Å². The van der Waals surface area contributed by atoms with Crippen molar-refractivity contribution in [2.75, 3.05) is 18.4 Å². The van der Waals surface area contributed by atoms with Crippen LogP contribution in [0.2, 0.25) is 0 Å². The number of aryl methyl sites for hydroxylation is 2. The third-order valence-electron chi connectivity index (χ3n) is 3.83. The summed E-state index contributed by atoms with van der Waals surface area (Å²) >= 11 is 1.60. The summed E-state index contributed by atoms with van der Waals surface area (Å²) in [6.07, 6.45) is 0.429. The average molecular weight is 319 g/mol. The largest absolute Gasteiger partial charge is 0.390 e. The van der Waals surface area contributed by atoms with Crippen molar-refractivity contribution in [1.29, 1.82) is 0 Å². The highest BCUT2D eigenvalue weighted by molar-refractivity contribution is 7.07. The van der Waals surface area contributed by atoms with E-state index in [4.69, 9.17) is 0 Å². The molecule has 0 spiro atoms. The number of piperidine rings is 1. The number of hydrogen-bond donors (Lipinski definition) is 2. The molecule has 0 unspecified atom stereocenters. The molecule has 1 fully saturated rings. The summed E-state index contributed by atoms with van der Waals surface area (Å²) in [6.45, 7) is 6.27. The summed E-state index contributed by atoms with van der Waals surface area (Å²) in [6, 6.07) is 1.94. The highest BCUT2D eigenvalue weighted by atomic mass is 32.1. The van der Waals surface area contributed by atoms with E-state index in [1.54, 1.807) is 11.3 Å². The van der Waals surface area contributed by atoms with E-state index in [0.29, 0.717) is 12.5 Å². The molecule has 1 aliphatic rings. The Morgan fingerprint density at radius 1 is 1.36 bits per heavy atom. The number of β-amino-alcohol motifs (C(OH)–C–C–N with tert-alkyl or cyclic N) is 1. The van der Waals surface area contributed by atoms with Gasteiger partial charge in [-0.1, -0.05) is 0 Å². The average Bonchev–Trinajstić information content (AvgIpc) is 2.94. The Kier molecular flexibility index (Phi) is 4.66. The number of nitrogens with zero attached hydrogens (tertiary/aromatic N) is 4. The van der Waals surface area contributed by atoms with Crippen LogP contribution in [0, 0.1) is 13.8 Å². The zero-order chi connectivity index (χ0) is 15.5. The fourth-order valence-electron chi connectivity index (χ4n) is 2.81. The molecule has 0 bridgehead atoms. The van der Waals surface area contributed by atoms with Gasteiger partial charge in [0.2, 0.25) is 5.95 Å². The van der Waals surface area contributed by atoms with E-state index >= 15 is 0 Å². The minimum Gasteiger partial charge on any atom is -0.390 e. The minimum absolute atomic E-state index is 0.00659. The molecule has 3 heterocycles. The number of hydrogen-bond acceptors (Lipinski definition) is 7. The number of likely N-dealkylation sites (tertiary alicyclic amines) is 1. The summed E-state index contributed by atoms with van der Waals surface area (Å²) in [5.74, 6) is 0.606. The van der Waals surface area contributed by atoms with E-state index in [2.05, 4.69) is 30.5 Å². The van der Waals surface area contributed by atoms with Crippen LogP contribution in [0.15, 0.2) is 17.0 Å². The minimum atomic E-state index is -0.434. The predicted molar refractivity (Wildman–Crippen MR) is 86.9 cm³/mol. The quantitative estimate of drug-likeness (QED) is 0.891. The Morgan fingerprint density at radius 3 is 2.77 bits per heavy atom. The molecule has 0 radical (unpaired) electrons. The van der Waals surface area contributed by atoms with Gasteiger partial charge in [-0.05, 0) is 26.3 Å². The maximum Gasteiger partial charge on any atom is 0.223 e. The molecule has 0 aromatic carbocycles. The van der Waals surface area contributed by atoms with Gasteiger partial charge >= 0.3 is 0 Å². The van der Waals surface area contributed by atoms with Gasteiger partial charge in [0.15, 0.2) is 0 Å².